The largest absolute Gasteiger partial charge is 0.312 e. The zero-order valence-electron chi connectivity index (χ0n) is 12.2. The fourth-order valence-electron chi connectivity index (χ4n) is 2.40. The van der Waals surface area contributed by atoms with E-state index in [4.69, 9.17) is 0 Å². The van der Waals surface area contributed by atoms with Crippen molar-refractivity contribution in [2.75, 3.05) is 13.1 Å². The van der Waals surface area contributed by atoms with Gasteiger partial charge in [0.2, 0.25) is 10.0 Å². The van der Waals surface area contributed by atoms with Gasteiger partial charge >= 0.3 is 0 Å². The monoisotopic (exact) mass is 316 g/mol. The Bertz CT molecular complexity index is 533. The molecule has 0 amide bonds. The van der Waals surface area contributed by atoms with E-state index in [0.29, 0.717) is 11.4 Å². The first-order chi connectivity index (χ1) is 9.51. The fraction of sp³-hybridized carbons (Fsp3) is 0.714. The lowest BCUT2D eigenvalue weighted by atomic mass is 10.0. The van der Waals surface area contributed by atoms with Gasteiger partial charge in [-0.05, 0) is 37.3 Å². The highest BCUT2D eigenvalue weighted by Gasteiger charge is 2.42. The second-order valence-electron chi connectivity index (χ2n) is 5.60. The van der Waals surface area contributed by atoms with Crippen molar-refractivity contribution in [1.29, 1.82) is 0 Å². The van der Waals surface area contributed by atoms with Crippen LogP contribution in [0.5, 0.6) is 0 Å². The summed E-state index contributed by atoms with van der Waals surface area (Å²) in [6.45, 7) is 6.39. The highest BCUT2D eigenvalue weighted by Crippen LogP contribution is 2.49. The van der Waals surface area contributed by atoms with Gasteiger partial charge in [-0.25, -0.2) is 13.1 Å². The third-order valence-corrected chi connectivity index (χ3v) is 6.33. The van der Waals surface area contributed by atoms with E-state index in [9.17, 15) is 8.42 Å². The van der Waals surface area contributed by atoms with Crippen LogP contribution in [0.3, 0.4) is 0 Å². The van der Waals surface area contributed by atoms with Crippen molar-refractivity contribution in [3.8, 4) is 0 Å². The minimum atomic E-state index is -3.34. The van der Waals surface area contributed by atoms with Crippen LogP contribution in [0, 0.1) is 5.41 Å². The summed E-state index contributed by atoms with van der Waals surface area (Å²) in [4.78, 5) is 1.46. The number of rotatable bonds is 9. The molecular weight excluding hydrogens is 292 g/mol. The molecule has 0 radical (unpaired) electrons. The Morgan fingerprint density at radius 2 is 2.10 bits per heavy atom. The van der Waals surface area contributed by atoms with Crippen molar-refractivity contribution in [2.45, 2.75) is 51.0 Å². The smallest absolute Gasteiger partial charge is 0.241 e. The summed E-state index contributed by atoms with van der Waals surface area (Å²) in [5, 5.41) is 4.94. The molecule has 0 aliphatic heterocycles. The summed E-state index contributed by atoms with van der Waals surface area (Å²) in [6.07, 6.45) is 4.54. The van der Waals surface area contributed by atoms with E-state index in [1.807, 2.05) is 6.92 Å². The topological polar surface area (TPSA) is 58.2 Å². The lowest BCUT2D eigenvalue weighted by molar-refractivity contribution is 0.449. The zero-order chi connectivity index (χ0) is 14.6. The number of thiophene rings is 1. The highest BCUT2D eigenvalue weighted by molar-refractivity contribution is 7.89. The Labute approximate surface area is 126 Å². The van der Waals surface area contributed by atoms with E-state index in [1.54, 1.807) is 11.4 Å². The summed E-state index contributed by atoms with van der Waals surface area (Å²) in [5.41, 5.74) is 0.241. The van der Waals surface area contributed by atoms with Crippen LogP contribution < -0.4 is 10.0 Å². The van der Waals surface area contributed by atoms with Crippen molar-refractivity contribution in [1.82, 2.24) is 10.0 Å². The first-order valence-corrected chi connectivity index (χ1v) is 9.65. The number of sulfonamides is 1. The minimum Gasteiger partial charge on any atom is -0.312 e. The molecule has 0 unspecified atom stereocenters. The Hall–Kier alpha value is -0.430. The molecule has 1 aliphatic carbocycles. The summed E-state index contributed by atoms with van der Waals surface area (Å²) >= 11 is 1.49. The molecule has 1 aliphatic rings. The Morgan fingerprint density at radius 3 is 2.70 bits per heavy atom. The average molecular weight is 316 g/mol. The molecule has 114 valence electrons. The van der Waals surface area contributed by atoms with Crippen molar-refractivity contribution in [3.05, 3.63) is 16.3 Å². The first-order valence-electron chi connectivity index (χ1n) is 7.29. The van der Waals surface area contributed by atoms with Crippen LogP contribution in [0.1, 0.15) is 44.4 Å². The molecule has 2 N–H and O–H groups in total. The normalized spacial score (nSPS) is 17.3. The van der Waals surface area contributed by atoms with Crippen LogP contribution >= 0.6 is 11.3 Å². The predicted molar refractivity (Wildman–Crippen MR) is 83.5 cm³/mol. The molecule has 6 heteroatoms. The minimum absolute atomic E-state index is 0.241. The van der Waals surface area contributed by atoms with Gasteiger partial charge in [0, 0.05) is 23.3 Å². The van der Waals surface area contributed by atoms with Gasteiger partial charge in [0.15, 0.2) is 0 Å². The summed E-state index contributed by atoms with van der Waals surface area (Å²) in [5.74, 6) is 0. The van der Waals surface area contributed by atoms with Crippen molar-refractivity contribution < 1.29 is 8.42 Å². The van der Waals surface area contributed by atoms with Crippen molar-refractivity contribution in [2.24, 2.45) is 5.41 Å². The molecule has 4 nitrogen and oxygen atoms in total. The van der Waals surface area contributed by atoms with Gasteiger partial charge in [0.1, 0.15) is 0 Å². The van der Waals surface area contributed by atoms with Gasteiger partial charge in [-0.15, -0.1) is 11.3 Å². The van der Waals surface area contributed by atoms with E-state index >= 15 is 0 Å². The number of hydrogen-bond donors (Lipinski definition) is 2. The maximum Gasteiger partial charge on any atom is 0.241 e. The third-order valence-electron chi connectivity index (χ3n) is 3.86. The second-order valence-corrected chi connectivity index (χ2v) is 8.37. The molecule has 1 saturated carbocycles. The highest BCUT2D eigenvalue weighted by atomic mass is 32.2. The van der Waals surface area contributed by atoms with Crippen LogP contribution in [0.25, 0.3) is 0 Å². The molecular formula is C14H24N2O2S2. The number of hydrogen-bond acceptors (Lipinski definition) is 4. The van der Waals surface area contributed by atoms with E-state index in [2.05, 4.69) is 17.0 Å². The number of nitrogens with one attached hydrogen (secondary N) is 2. The van der Waals surface area contributed by atoms with Gasteiger partial charge in [0.25, 0.3) is 0 Å². The van der Waals surface area contributed by atoms with Crippen molar-refractivity contribution >= 4 is 21.4 Å². The maximum absolute atomic E-state index is 12.3. The van der Waals surface area contributed by atoms with Gasteiger partial charge in [0.05, 0.1) is 4.90 Å². The van der Waals surface area contributed by atoms with E-state index in [1.165, 1.54) is 11.3 Å². The van der Waals surface area contributed by atoms with Crippen LogP contribution in [0.2, 0.25) is 0 Å². The zero-order valence-corrected chi connectivity index (χ0v) is 13.9. The Balaban J connectivity index is 1.94. The standard InChI is InChI=1S/C14H24N2O2S2/c1-3-5-14(6-7-14)11-16-20(17,18)13-8-12(19-10-13)9-15-4-2/h8,10,15-16H,3-7,9,11H2,1-2H3. The molecule has 1 fully saturated rings. The van der Waals surface area contributed by atoms with Crippen LogP contribution in [-0.4, -0.2) is 21.5 Å². The molecule has 0 aromatic carbocycles. The van der Waals surface area contributed by atoms with E-state index in [0.717, 1.165) is 43.6 Å². The van der Waals surface area contributed by atoms with E-state index < -0.39 is 10.0 Å². The molecule has 1 aromatic heterocycles. The summed E-state index contributed by atoms with van der Waals surface area (Å²) in [7, 11) is -3.34. The van der Waals surface area contributed by atoms with Gasteiger partial charge in [-0.1, -0.05) is 20.3 Å². The average Bonchev–Trinajstić information content (AvgIpc) is 3.01. The Morgan fingerprint density at radius 1 is 1.35 bits per heavy atom. The van der Waals surface area contributed by atoms with Crippen molar-refractivity contribution in [3.63, 3.8) is 0 Å². The third kappa shape index (κ3) is 4.04. The summed E-state index contributed by atoms with van der Waals surface area (Å²) in [6, 6.07) is 1.77. The lowest BCUT2D eigenvalue weighted by Crippen LogP contribution is -2.30. The molecule has 1 aromatic rings. The maximum atomic E-state index is 12.3. The molecule has 0 saturated heterocycles. The molecule has 0 atom stereocenters. The summed E-state index contributed by atoms with van der Waals surface area (Å²) < 4.78 is 27.3. The Kier molecular flexibility index (Phi) is 5.23. The molecule has 20 heavy (non-hydrogen) atoms. The SMILES string of the molecule is CCCC1(CNS(=O)(=O)c2csc(CNCC)c2)CC1. The second kappa shape index (κ2) is 6.56. The molecule has 2 rings (SSSR count). The quantitative estimate of drug-likeness (QED) is 0.736. The predicted octanol–water partition coefficient (Wildman–Crippen LogP) is 2.72. The van der Waals surface area contributed by atoms with E-state index in [-0.39, 0.29) is 5.41 Å². The molecule has 0 bridgehead atoms. The van der Waals surface area contributed by atoms with Gasteiger partial charge in [-0.3, -0.25) is 0 Å². The molecule has 0 spiro atoms. The first kappa shape index (κ1) is 15.9. The molecule has 1 heterocycles. The van der Waals surface area contributed by atoms with Gasteiger partial charge < -0.3 is 5.32 Å². The van der Waals surface area contributed by atoms with Gasteiger partial charge in [-0.2, -0.15) is 0 Å². The van der Waals surface area contributed by atoms with Crippen LogP contribution in [0.15, 0.2) is 16.3 Å². The lowest BCUT2D eigenvalue weighted by Gasteiger charge is -2.14. The van der Waals surface area contributed by atoms with Crippen LogP contribution in [-0.2, 0) is 16.6 Å². The van der Waals surface area contributed by atoms with Crippen LogP contribution in [0.4, 0.5) is 0 Å². The fourth-order valence-corrected chi connectivity index (χ4v) is 4.80.